The molecule has 0 fully saturated rings. The largest absolute Gasteiger partial charge is 0.328 e. The molecule has 10 rings (SSSR count). The Morgan fingerprint density at radius 2 is 1.46 bits per heavy atom. The second kappa shape index (κ2) is 11.0. The molecule has 0 spiro atoms. The predicted molar refractivity (Wildman–Crippen MR) is 205 cm³/mol. The minimum Gasteiger partial charge on any atom is -0.328 e. The standard InChI is InChI=1S/C45H35N5/c1-45(2)35-20-11-9-18-31(35)34-27-40(46-37-22-13-21-36(45)41(34)37)50-38-23-12-10-19-32(38)33-26-30(24-25-39(33)50)44-48-42(28-14-5-3-6-15-28)47-43(49-44)29-16-7-4-8-17-29/h3-25,27,30,42H,26H2,1-2H3,(H,47,48,49). The molecular formula is C45H35N5. The molecule has 240 valence electrons. The quantitative estimate of drug-likeness (QED) is 0.207. The van der Waals surface area contributed by atoms with Crippen LogP contribution in [0.1, 0.15) is 53.5 Å². The van der Waals surface area contributed by atoms with Crippen molar-refractivity contribution in [3.8, 4) is 16.9 Å². The number of nitrogens with zero attached hydrogens (tertiary/aromatic N) is 4. The zero-order valence-electron chi connectivity index (χ0n) is 28.0. The van der Waals surface area contributed by atoms with E-state index in [9.17, 15) is 0 Å². The van der Waals surface area contributed by atoms with Crippen LogP contribution in [0.5, 0.6) is 0 Å². The van der Waals surface area contributed by atoms with Crippen LogP contribution in [0.3, 0.4) is 0 Å². The molecule has 0 saturated carbocycles. The Kier molecular flexibility index (Phi) is 6.34. The van der Waals surface area contributed by atoms with E-state index in [0.717, 1.165) is 46.1 Å². The van der Waals surface area contributed by atoms with E-state index in [-0.39, 0.29) is 17.5 Å². The Balaban J connectivity index is 1.11. The second-order valence-corrected chi connectivity index (χ2v) is 14.1. The van der Waals surface area contributed by atoms with Gasteiger partial charge >= 0.3 is 0 Å². The highest BCUT2D eigenvalue weighted by Crippen LogP contribution is 2.49. The summed E-state index contributed by atoms with van der Waals surface area (Å²) in [6.45, 7) is 4.66. The molecule has 0 saturated heterocycles. The molecule has 50 heavy (non-hydrogen) atoms. The van der Waals surface area contributed by atoms with Crippen molar-refractivity contribution in [3.05, 3.63) is 173 Å². The van der Waals surface area contributed by atoms with Gasteiger partial charge in [0.15, 0.2) is 6.17 Å². The number of hydrogen-bond acceptors (Lipinski definition) is 4. The molecule has 3 aliphatic rings. The first-order valence-corrected chi connectivity index (χ1v) is 17.4. The van der Waals surface area contributed by atoms with Crippen molar-refractivity contribution in [2.45, 2.75) is 31.8 Å². The normalized spacial score (nSPS) is 18.6. The molecule has 5 heteroatoms. The fourth-order valence-electron chi connectivity index (χ4n) is 8.35. The fraction of sp³-hybridized carbons (Fsp3) is 0.133. The third-order valence-corrected chi connectivity index (χ3v) is 10.8. The highest BCUT2D eigenvalue weighted by Gasteiger charge is 2.35. The number of pyridine rings is 1. The minimum absolute atomic E-state index is 0.0598. The molecule has 2 atom stereocenters. The molecule has 7 aromatic rings. The smallest absolute Gasteiger partial charge is 0.169 e. The summed E-state index contributed by atoms with van der Waals surface area (Å²) in [6.07, 6.45) is 5.09. The Morgan fingerprint density at radius 1 is 0.720 bits per heavy atom. The monoisotopic (exact) mass is 645 g/mol. The average Bonchev–Trinajstić information content (AvgIpc) is 3.51. The van der Waals surface area contributed by atoms with E-state index in [2.05, 4.69) is 157 Å². The molecule has 2 aromatic heterocycles. The number of hydrogen-bond donors (Lipinski definition) is 1. The molecule has 1 aliphatic heterocycles. The SMILES string of the molecule is CC1(C)c2ccccc2-c2cc(-n3c4c(c5ccccc53)CC(C3=NC(c5ccccc5)N=C(c5ccccc5)N3)C=C4)nc3cccc1c23. The van der Waals surface area contributed by atoms with Crippen molar-refractivity contribution in [1.29, 1.82) is 0 Å². The van der Waals surface area contributed by atoms with Gasteiger partial charge in [-0.15, -0.1) is 0 Å². The highest BCUT2D eigenvalue weighted by atomic mass is 15.2. The van der Waals surface area contributed by atoms with Crippen molar-refractivity contribution in [2.24, 2.45) is 15.9 Å². The zero-order chi connectivity index (χ0) is 33.4. The minimum atomic E-state index is -0.310. The van der Waals surface area contributed by atoms with Gasteiger partial charge in [-0.05, 0) is 64.1 Å². The van der Waals surface area contributed by atoms with Crippen LogP contribution in [-0.4, -0.2) is 21.2 Å². The van der Waals surface area contributed by atoms with E-state index in [4.69, 9.17) is 15.0 Å². The number of fused-ring (bicyclic) bond motifs is 5. The Hall–Kier alpha value is -6.07. The van der Waals surface area contributed by atoms with E-state index < -0.39 is 0 Å². The number of aromatic nitrogens is 2. The highest BCUT2D eigenvalue weighted by molar-refractivity contribution is 6.12. The molecule has 5 nitrogen and oxygen atoms in total. The van der Waals surface area contributed by atoms with Crippen molar-refractivity contribution in [2.75, 3.05) is 0 Å². The first kappa shape index (κ1) is 28.9. The molecule has 0 bridgehead atoms. The number of aliphatic imine (C=N–C) groups is 2. The van der Waals surface area contributed by atoms with Gasteiger partial charge in [-0.2, -0.15) is 0 Å². The van der Waals surface area contributed by atoms with E-state index in [1.165, 1.54) is 44.3 Å². The predicted octanol–water partition coefficient (Wildman–Crippen LogP) is 9.82. The van der Waals surface area contributed by atoms with E-state index in [0.29, 0.717) is 0 Å². The van der Waals surface area contributed by atoms with Crippen molar-refractivity contribution >= 4 is 39.6 Å². The van der Waals surface area contributed by atoms with Gasteiger partial charge in [0, 0.05) is 27.7 Å². The van der Waals surface area contributed by atoms with Gasteiger partial charge in [0.25, 0.3) is 0 Å². The molecule has 0 amide bonds. The van der Waals surface area contributed by atoms with Crippen LogP contribution < -0.4 is 5.32 Å². The van der Waals surface area contributed by atoms with Gasteiger partial charge in [-0.1, -0.05) is 135 Å². The van der Waals surface area contributed by atoms with Crippen LogP contribution in [0.4, 0.5) is 0 Å². The summed E-state index contributed by atoms with van der Waals surface area (Å²) >= 11 is 0. The Morgan fingerprint density at radius 3 is 2.32 bits per heavy atom. The number of rotatable bonds is 4. The lowest BCUT2D eigenvalue weighted by atomic mass is 9.69. The molecule has 2 unspecified atom stereocenters. The average molecular weight is 646 g/mol. The summed E-state index contributed by atoms with van der Waals surface area (Å²) in [6, 6.07) is 47.3. The molecule has 0 radical (unpaired) electrons. The first-order valence-electron chi connectivity index (χ1n) is 17.4. The van der Waals surface area contributed by atoms with Crippen molar-refractivity contribution in [3.63, 3.8) is 0 Å². The summed E-state index contributed by atoms with van der Waals surface area (Å²) in [5.41, 5.74) is 11.9. The molecule has 3 heterocycles. The molecular weight excluding hydrogens is 611 g/mol. The van der Waals surface area contributed by atoms with Gasteiger partial charge in [-0.3, -0.25) is 4.57 Å². The molecule has 1 N–H and O–H groups in total. The van der Waals surface area contributed by atoms with Crippen LogP contribution in [0.2, 0.25) is 0 Å². The Labute approximate surface area is 291 Å². The summed E-state index contributed by atoms with van der Waals surface area (Å²) in [5, 5.41) is 6.15. The van der Waals surface area contributed by atoms with E-state index in [1.807, 2.05) is 12.1 Å². The maximum Gasteiger partial charge on any atom is 0.169 e. The topological polar surface area (TPSA) is 54.6 Å². The van der Waals surface area contributed by atoms with Crippen LogP contribution in [-0.2, 0) is 11.8 Å². The summed E-state index contributed by atoms with van der Waals surface area (Å²) in [7, 11) is 0. The maximum atomic E-state index is 5.39. The van der Waals surface area contributed by atoms with Gasteiger partial charge < -0.3 is 5.32 Å². The van der Waals surface area contributed by atoms with Gasteiger partial charge in [0.2, 0.25) is 0 Å². The number of amidine groups is 2. The second-order valence-electron chi connectivity index (χ2n) is 14.1. The van der Waals surface area contributed by atoms with Crippen LogP contribution in [0, 0.1) is 5.92 Å². The fourth-order valence-corrected chi connectivity index (χ4v) is 8.35. The van der Waals surface area contributed by atoms with E-state index >= 15 is 0 Å². The summed E-state index contributed by atoms with van der Waals surface area (Å²) in [5.74, 6) is 2.79. The third kappa shape index (κ3) is 4.36. The Bertz CT molecular complexity index is 2570. The van der Waals surface area contributed by atoms with Gasteiger partial charge in [-0.25, -0.2) is 15.0 Å². The number of benzene rings is 5. The molecule has 5 aromatic carbocycles. The molecule has 2 aliphatic carbocycles. The maximum absolute atomic E-state index is 5.39. The summed E-state index contributed by atoms with van der Waals surface area (Å²) < 4.78 is 2.36. The number of nitrogens with one attached hydrogen (secondary N) is 1. The summed E-state index contributed by atoms with van der Waals surface area (Å²) in [4.78, 5) is 15.7. The van der Waals surface area contributed by atoms with Gasteiger partial charge in [0.05, 0.1) is 16.7 Å². The lowest BCUT2D eigenvalue weighted by Crippen LogP contribution is -2.40. The third-order valence-electron chi connectivity index (χ3n) is 10.8. The lowest BCUT2D eigenvalue weighted by molar-refractivity contribution is 0.645. The van der Waals surface area contributed by atoms with E-state index in [1.54, 1.807) is 0 Å². The first-order chi connectivity index (χ1) is 24.5. The number of para-hydroxylation sites is 1. The van der Waals surface area contributed by atoms with Crippen LogP contribution >= 0.6 is 0 Å². The lowest BCUT2D eigenvalue weighted by Gasteiger charge is -2.35. The van der Waals surface area contributed by atoms with Crippen molar-refractivity contribution < 1.29 is 0 Å². The van der Waals surface area contributed by atoms with Crippen molar-refractivity contribution in [1.82, 2.24) is 14.9 Å². The van der Waals surface area contributed by atoms with Crippen LogP contribution in [0.15, 0.2) is 150 Å². The van der Waals surface area contributed by atoms with Crippen LogP contribution in [0.25, 0.3) is 44.8 Å². The van der Waals surface area contributed by atoms with Gasteiger partial charge in [0.1, 0.15) is 17.5 Å². The zero-order valence-corrected chi connectivity index (χ0v) is 28.0.